The Bertz CT molecular complexity index is 610. The van der Waals surface area contributed by atoms with Crippen molar-refractivity contribution in [1.82, 2.24) is 0 Å². The lowest BCUT2D eigenvalue weighted by molar-refractivity contribution is 0.0918. The van der Waals surface area contributed by atoms with Crippen LogP contribution in [0.1, 0.15) is 12.0 Å². The molecule has 84 valence electrons. The molecule has 0 bridgehead atoms. The summed E-state index contributed by atoms with van der Waals surface area (Å²) in [4.78, 5) is 0. The van der Waals surface area contributed by atoms with E-state index in [-0.39, 0.29) is 0 Å². The van der Waals surface area contributed by atoms with Crippen LogP contribution in [-0.4, -0.2) is 5.11 Å². The third-order valence-corrected chi connectivity index (χ3v) is 3.30. The molecule has 1 aliphatic carbocycles. The van der Waals surface area contributed by atoms with E-state index in [4.69, 9.17) is 0 Å². The Hall–Kier alpha value is -1.86. The van der Waals surface area contributed by atoms with Gasteiger partial charge in [-0.05, 0) is 28.5 Å². The fourth-order valence-corrected chi connectivity index (χ4v) is 2.28. The first-order valence-corrected chi connectivity index (χ1v) is 5.84. The maximum atomic E-state index is 10.6. The van der Waals surface area contributed by atoms with Gasteiger partial charge in [0.25, 0.3) is 0 Å². The molecule has 3 rings (SSSR count). The molecule has 1 unspecified atom stereocenters. The van der Waals surface area contributed by atoms with E-state index >= 15 is 0 Å². The van der Waals surface area contributed by atoms with Gasteiger partial charge in [0.2, 0.25) is 0 Å². The Morgan fingerprint density at radius 1 is 0.941 bits per heavy atom. The number of benzene rings is 2. The molecule has 0 saturated heterocycles. The molecule has 1 heteroatoms. The zero-order chi connectivity index (χ0) is 11.7. The van der Waals surface area contributed by atoms with Crippen molar-refractivity contribution in [2.75, 3.05) is 0 Å². The van der Waals surface area contributed by atoms with E-state index in [0.717, 1.165) is 5.56 Å². The van der Waals surface area contributed by atoms with Crippen LogP contribution in [0.25, 0.3) is 10.8 Å². The molecule has 0 radical (unpaired) electrons. The normalized spacial score (nSPS) is 23.1. The minimum Gasteiger partial charge on any atom is -0.381 e. The van der Waals surface area contributed by atoms with Crippen molar-refractivity contribution >= 4 is 10.8 Å². The number of hydrogen-bond donors (Lipinski definition) is 1. The molecule has 0 amide bonds. The van der Waals surface area contributed by atoms with Crippen LogP contribution >= 0.6 is 0 Å². The van der Waals surface area contributed by atoms with Gasteiger partial charge in [0, 0.05) is 6.42 Å². The van der Waals surface area contributed by atoms with E-state index in [1.807, 2.05) is 42.5 Å². The Morgan fingerprint density at radius 2 is 1.76 bits per heavy atom. The van der Waals surface area contributed by atoms with Gasteiger partial charge in [0.05, 0.1) is 0 Å². The second-order valence-electron chi connectivity index (χ2n) is 4.48. The standard InChI is InChI=1S/C16H14O/c17-16(10-4-1-5-11-16)15-9-8-13-6-2-3-7-14(13)12-15/h1-10,12,17H,11H2. The summed E-state index contributed by atoms with van der Waals surface area (Å²) in [6.45, 7) is 0. The van der Waals surface area contributed by atoms with Crippen LogP contribution in [0.3, 0.4) is 0 Å². The molecule has 0 aliphatic heterocycles. The van der Waals surface area contributed by atoms with Gasteiger partial charge in [0.15, 0.2) is 0 Å². The van der Waals surface area contributed by atoms with Crippen molar-refractivity contribution in [1.29, 1.82) is 0 Å². The van der Waals surface area contributed by atoms with Gasteiger partial charge in [-0.25, -0.2) is 0 Å². The molecule has 1 N–H and O–H groups in total. The van der Waals surface area contributed by atoms with Crippen LogP contribution in [0, 0.1) is 0 Å². The molecular formula is C16H14O. The van der Waals surface area contributed by atoms with Crippen molar-refractivity contribution in [2.24, 2.45) is 0 Å². The first kappa shape index (κ1) is 10.3. The van der Waals surface area contributed by atoms with Crippen molar-refractivity contribution in [3.63, 3.8) is 0 Å². The first-order chi connectivity index (χ1) is 8.28. The van der Waals surface area contributed by atoms with Crippen LogP contribution in [0.15, 0.2) is 66.8 Å². The minimum absolute atomic E-state index is 0.641. The summed E-state index contributed by atoms with van der Waals surface area (Å²) >= 11 is 0. The molecule has 0 fully saturated rings. The van der Waals surface area contributed by atoms with E-state index < -0.39 is 5.60 Å². The lowest BCUT2D eigenvalue weighted by atomic mass is 9.86. The zero-order valence-corrected chi connectivity index (χ0v) is 9.51. The molecule has 0 saturated carbocycles. The topological polar surface area (TPSA) is 20.2 Å². The third-order valence-electron chi connectivity index (χ3n) is 3.30. The average Bonchev–Trinajstić information content (AvgIpc) is 2.39. The summed E-state index contributed by atoms with van der Waals surface area (Å²) in [5.74, 6) is 0. The molecule has 1 aliphatic rings. The van der Waals surface area contributed by atoms with E-state index in [1.54, 1.807) is 0 Å². The average molecular weight is 222 g/mol. The van der Waals surface area contributed by atoms with Gasteiger partial charge in [-0.1, -0.05) is 54.6 Å². The smallest absolute Gasteiger partial charge is 0.111 e. The van der Waals surface area contributed by atoms with Gasteiger partial charge in [-0.2, -0.15) is 0 Å². The van der Waals surface area contributed by atoms with Crippen LogP contribution < -0.4 is 0 Å². The Morgan fingerprint density at radius 3 is 2.53 bits per heavy atom. The lowest BCUT2D eigenvalue weighted by Crippen LogP contribution is -2.23. The van der Waals surface area contributed by atoms with Crippen LogP contribution in [0.5, 0.6) is 0 Å². The molecule has 0 spiro atoms. The second-order valence-corrected chi connectivity index (χ2v) is 4.48. The molecule has 0 aromatic heterocycles. The van der Waals surface area contributed by atoms with Crippen molar-refractivity contribution < 1.29 is 5.11 Å². The molecule has 1 atom stereocenters. The quantitative estimate of drug-likeness (QED) is 0.782. The molecule has 2 aromatic rings. The van der Waals surface area contributed by atoms with Crippen molar-refractivity contribution in [3.05, 3.63) is 72.3 Å². The van der Waals surface area contributed by atoms with Crippen molar-refractivity contribution in [3.8, 4) is 0 Å². The summed E-state index contributed by atoms with van der Waals surface area (Å²) in [6, 6.07) is 14.3. The highest BCUT2D eigenvalue weighted by atomic mass is 16.3. The zero-order valence-electron chi connectivity index (χ0n) is 9.51. The summed E-state index contributed by atoms with van der Waals surface area (Å²) in [5.41, 5.74) is 0.107. The monoisotopic (exact) mass is 222 g/mol. The van der Waals surface area contributed by atoms with Crippen molar-refractivity contribution in [2.45, 2.75) is 12.0 Å². The second kappa shape index (κ2) is 3.86. The van der Waals surface area contributed by atoms with Gasteiger partial charge in [0.1, 0.15) is 5.60 Å². The number of fused-ring (bicyclic) bond motifs is 1. The first-order valence-electron chi connectivity index (χ1n) is 5.84. The van der Waals surface area contributed by atoms with E-state index in [2.05, 4.69) is 24.3 Å². The highest BCUT2D eigenvalue weighted by Gasteiger charge is 2.25. The van der Waals surface area contributed by atoms with Crippen LogP contribution in [0.2, 0.25) is 0 Å². The predicted molar refractivity (Wildman–Crippen MR) is 70.7 cm³/mol. The molecule has 2 aromatic carbocycles. The summed E-state index contributed by atoms with van der Waals surface area (Å²) in [7, 11) is 0. The van der Waals surface area contributed by atoms with Gasteiger partial charge < -0.3 is 5.11 Å². The molecule has 17 heavy (non-hydrogen) atoms. The number of hydrogen-bond acceptors (Lipinski definition) is 1. The van der Waals surface area contributed by atoms with Crippen LogP contribution in [-0.2, 0) is 5.60 Å². The number of allylic oxidation sites excluding steroid dienone is 2. The molecular weight excluding hydrogens is 208 g/mol. The Balaban J connectivity index is 2.12. The maximum absolute atomic E-state index is 10.6. The van der Waals surface area contributed by atoms with E-state index in [9.17, 15) is 5.11 Å². The fraction of sp³-hybridized carbons (Fsp3) is 0.125. The summed E-state index contributed by atoms with van der Waals surface area (Å²) < 4.78 is 0. The summed E-state index contributed by atoms with van der Waals surface area (Å²) in [6.07, 6.45) is 8.36. The van der Waals surface area contributed by atoms with Gasteiger partial charge >= 0.3 is 0 Å². The Labute approximate surface area is 101 Å². The Kier molecular flexibility index (Phi) is 2.34. The SMILES string of the molecule is OC1(c2ccc3ccccc3c2)C=CC=CC1. The fourth-order valence-electron chi connectivity index (χ4n) is 2.28. The third kappa shape index (κ3) is 1.79. The van der Waals surface area contributed by atoms with Gasteiger partial charge in [-0.3, -0.25) is 0 Å². The van der Waals surface area contributed by atoms with Crippen LogP contribution in [0.4, 0.5) is 0 Å². The van der Waals surface area contributed by atoms with E-state index in [1.165, 1.54) is 10.8 Å². The lowest BCUT2D eigenvalue weighted by Gasteiger charge is -2.25. The largest absolute Gasteiger partial charge is 0.381 e. The predicted octanol–water partition coefficient (Wildman–Crippen LogP) is 3.54. The number of aliphatic hydroxyl groups is 1. The summed E-state index contributed by atoms with van der Waals surface area (Å²) in [5, 5.41) is 12.9. The molecule has 1 nitrogen and oxygen atoms in total. The highest BCUT2D eigenvalue weighted by molar-refractivity contribution is 5.83. The maximum Gasteiger partial charge on any atom is 0.111 e. The van der Waals surface area contributed by atoms with E-state index in [0.29, 0.717) is 6.42 Å². The highest BCUT2D eigenvalue weighted by Crippen LogP contribution is 2.31. The minimum atomic E-state index is -0.848. The van der Waals surface area contributed by atoms with Gasteiger partial charge in [-0.15, -0.1) is 0 Å². The number of rotatable bonds is 1. The molecule has 0 heterocycles.